The van der Waals surface area contributed by atoms with Crippen LogP contribution in [-0.2, 0) is 0 Å². The van der Waals surface area contributed by atoms with Crippen LogP contribution in [0.2, 0.25) is 0 Å². The molecule has 0 aliphatic heterocycles. The zero-order chi connectivity index (χ0) is 8.48. The standard InChI is InChI=1S/C10H21N/c1-5-6-9(11-4)8-7-10(8,2)3/h8-9,11H,5-7H2,1-4H3. The molecule has 2 atom stereocenters. The third-order valence-corrected chi connectivity index (χ3v) is 3.05. The van der Waals surface area contributed by atoms with Gasteiger partial charge in [0.15, 0.2) is 0 Å². The smallest absolute Gasteiger partial charge is 0.00975 e. The van der Waals surface area contributed by atoms with Gasteiger partial charge in [-0.3, -0.25) is 0 Å². The van der Waals surface area contributed by atoms with E-state index < -0.39 is 0 Å². The Labute approximate surface area is 70.6 Å². The summed E-state index contributed by atoms with van der Waals surface area (Å²) < 4.78 is 0. The third kappa shape index (κ3) is 1.96. The van der Waals surface area contributed by atoms with E-state index in [-0.39, 0.29) is 0 Å². The highest BCUT2D eigenvalue weighted by Crippen LogP contribution is 2.54. The van der Waals surface area contributed by atoms with E-state index in [1.807, 2.05) is 0 Å². The van der Waals surface area contributed by atoms with E-state index in [4.69, 9.17) is 0 Å². The normalized spacial score (nSPS) is 30.0. The average molecular weight is 155 g/mol. The van der Waals surface area contributed by atoms with Gasteiger partial charge >= 0.3 is 0 Å². The lowest BCUT2D eigenvalue weighted by atomic mass is 10.0. The van der Waals surface area contributed by atoms with Crippen molar-refractivity contribution in [2.24, 2.45) is 11.3 Å². The van der Waals surface area contributed by atoms with Crippen molar-refractivity contribution in [2.45, 2.75) is 46.1 Å². The molecule has 0 aromatic heterocycles. The summed E-state index contributed by atoms with van der Waals surface area (Å²) in [6, 6.07) is 0.773. The van der Waals surface area contributed by atoms with Gasteiger partial charge in [-0.2, -0.15) is 0 Å². The zero-order valence-electron chi connectivity index (χ0n) is 8.28. The molecule has 0 bridgehead atoms. The Hall–Kier alpha value is -0.0400. The molecule has 1 nitrogen and oxygen atoms in total. The van der Waals surface area contributed by atoms with Gasteiger partial charge in [-0.15, -0.1) is 0 Å². The molecule has 1 aliphatic carbocycles. The Morgan fingerprint density at radius 3 is 2.36 bits per heavy atom. The highest BCUT2D eigenvalue weighted by molar-refractivity contribution is 5.01. The second-order valence-corrected chi connectivity index (χ2v) is 4.48. The lowest BCUT2D eigenvalue weighted by Crippen LogP contribution is -2.28. The van der Waals surface area contributed by atoms with Crippen molar-refractivity contribution in [3.8, 4) is 0 Å². The molecule has 1 aliphatic rings. The predicted molar refractivity (Wildman–Crippen MR) is 49.6 cm³/mol. The first-order valence-corrected chi connectivity index (χ1v) is 4.79. The van der Waals surface area contributed by atoms with Crippen LogP contribution >= 0.6 is 0 Å². The fraction of sp³-hybridized carbons (Fsp3) is 1.00. The second-order valence-electron chi connectivity index (χ2n) is 4.48. The average Bonchev–Trinajstić information content (AvgIpc) is 2.55. The summed E-state index contributed by atoms with van der Waals surface area (Å²) >= 11 is 0. The fourth-order valence-corrected chi connectivity index (χ4v) is 2.05. The van der Waals surface area contributed by atoms with Crippen molar-refractivity contribution in [1.82, 2.24) is 5.32 Å². The quantitative estimate of drug-likeness (QED) is 0.657. The third-order valence-electron chi connectivity index (χ3n) is 3.05. The molecule has 2 unspecified atom stereocenters. The van der Waals surface area contributed by atoms with Gasteiger partial charge in [-0.1, -0.05) is 27.2 Å². The molecule has 1 N–H and O–H groups in total. The highest BCUT2D eigenvalue weighted by atomic mass is 14.9. The summed E-state index contributed by atoms with van der Waals surface area (Å²) in [5, 5.41) is 3.42. The first kappa shape index (κ1) is 9.05. The van der Waals surface area contributed by atoms with Gasteiger partial charge in [0.05, 0.1) is 0 Å². The van der Waals surface area contributed by atoms with Gasteiger partial charge in [0.1, 0.15) is 0 Å². The molecule has 1 fully saturated rings. The lowest BCUT2D eigenvalue weighted by Gasteiger charge is -2.16. The Bertz CT molecular complexity index is 129. The summed E-state index contributed by atoms with van der Waals surface area (Å²) in [5.74, 6) is 0.937. The highest BCUT2D eigenvalue weighted by Gasteiger charge is 2.49. The Morgan fingerprint density at radius 2 is 2.09 bits per heavy atom. The van der Waals surface area contributed by atoms with Gasteiger partial charge in [-0.05, 0) is 31.2 Å². The molecule has 0 amide bonds. The zero-order valence-corrected chi connectivity index (χ0v) is 8.28. The van der Waals surface area contributed by atoms with E-state index in [1.54, 1.807) is 0 Å². The molecule has 1 rings (SSSR count). The summed E-state index contributed by atoms with van der Waals surface area (Å²) in [5.41, 5.74) is 0.628. The van der Waals surface area contributed by atoms with Crippen molar-refractivity contribution in [2.75, 3.05) is 7.05 Å². The maximum absolute atomic E-state index is 3.42. The first-order chi connectivity index (χ1) is 5.11. The van der Waals surface area contributed by atoms with E-state index in [0.29, 0.717) is 5.41 Å². The van der Waals surface area contributed by atoms with Crippen LogP contribution in [0.1, 0.15) is 40.0 Å². The Balaban J connectivity index is 2.33. The molecule has 0 saturated heterocycles. The molecule has 11 heavy (non-hydrogen) atoms. The van der Waals surface area contributed by atoms with Crippen LogP contribution in [0.5, 0.6) is 0 Å². The second kappa shape index (κ2) is 3.14. The molecule has 0 spiro atoms. The summed E-state index contributed by atoms with van der Waals surface area (Å²) in [4.78, 5) is 0. The monoisotopic (exact) mass is 155 g/mol. The minimum Gasteiger partial charge on any atom is -0.317 e. The topological polar surface area (TPSA) is 12.0 Å². The number of hydrogen-bond donors (Lipinski definition) is 1. The van der Waals surface area contributed by atoms with Gasteiger partial charge in [0, 0.05) is 6.04 Å². The van der Waals surface area contributed by atoms with Gasteiger partial charge in [0.25, 0.3) is 0 Å². The Morgan fingerprint density at radius 1 is 1.55 bits per heavy atom. The molecule has 1 saturated carbocycles. The van der Waals surface area contributed by atoms with E-state index in [0.717, 1.165) is 12.0 Å². The van der Waals surface area contributed by atoms with Crippen molar-refractivity contribution in [1.29, 1.82) is 0 Å². The van der Waals surface area contributed by atoms with Gasteiger partial charge < -0.3 is 5.32 Å². The molecule has 1 heteroatoms. The van der Waals surface area contributed by atoms with Crippen molar-refractivity contribution in [3.63, 3.8) is 0 Å². The number of rotatable bonds is 4. The fourth-order valence-electron chi connectivity index (χ4n) is 2.05. The van der Waals surface area contributed by atoms with E-state index in [1.165, 1.54) is 19.3 Å². The molecule has 0 heterocycles. The van der Waals surface area contributed by atoms with Crippen LogP contribution in [-0.4, -0.2) is 13.1 Å². The number of hydrogen-bond acceptors (Lipinski definition) is 1. The van der Waals surface area contributed by atoms with Crippen LogP contribution in [0, 0.1) is 11.3 Å². The largest absolute Gasteiger partial charge is 0.317 e. The molecular weight excluding hydrogens is 134 g/mol. The van der Waals surface area contributed by atoms with Crippen LogP contribution < -0.4 is 5.32 Å². The molecule has 0 aromatic rings. The van der Waals surface area contributed by atoms with Crippen LogP contribution in [0.4, 0.5) is 0 Å². The van der Waals surface area contributed by atoms with Crippen molar-refractivity contribution >= 4 is 0 Å². The summed E-state index contributed by atoms with van der Waals surface area (Å²) in [7, 11) is 2.09. The maximum Gasteiger partial charge on any atom is 0.00975 e. The molecule has 66 valence electrons. The van der Waals surface area contributed by atoms with Gasteiger partial charge in [-0.25, -0.2) is 0 Å². The lowest BCUT2D eigenvalue weighted by molar-refractivity contribution is 0.404. The summed E-state index contributed by atoms with van der Waals surface area (Å²) in [6.07, 6.45) is 4.06. The van der Waals surface area contributed by atoms with Crippen LogP contribution in [0.15, 0.2) is 0 Å². The van der Waals surface area contributed by atoms with E-state index >= 15 is 0 Å². The van der Waals surface area contributed by atoms with Gasteiger partial charge in [0.2, 0.25) is 0 Å². The predicted octanol–water partition coefficient (Wildman–Crippen LogP) is 2.42. The number of nitrogens with one attached hydrogen (secondary N) is 1. The van der Waals surface area contributed by atoms with Crippen LogP contribution in [0.25, 0.3) is 0 Å². The van der Waals surface area contributed by atoms with E-state index in [9.17, 15) is 0 Å². The SMILES string of the molecule is CCCC(NC)C1CC1(C)C. The molecule has 0 radical (unpaired) electrons. The molecule has 0 aromatic carbocycles. The Kier molecular flexibility index (Phi) is 2.58. The maximum atomic E-state index is 3.42. The molecular formula is C10H21N. The van der Waals surface area contributed by atoms with E-state index in [2.05, 4.69) is 33.1 Å². The summed E-state index contributed by atoms with van der Waals surface area (Å²) in [6.45, 7) is 7.01. The van der Waals surface area contributed by atoms with Crippen LogP contribution in [0.3, 0.4) is 0 Å². The van der Waals surface area contributed by atoms with Crippen molar-refractivity contribution < 1.29 is 0 Å². The minimum absolute atomic E-state index is 0.628. The van der Waals surface area contributed by atoms with Crippen molar-refractivity contribution in [3.05, 3.63) is 0 Å². The first-order valence-electron chi connectivity index (χ1n) is 4.79. The minimum atomic E-state index is 0.628.